The van der Waals surface area contributed by atoms with Crippen LogP contribution in [0.4, 0.5) is 4.39 Å². The first-order valence-corrected chi connectivity index (χ1v) is 6.46. The maximum atomic E-state index is 13.9. The molecule has 0 aliphatic heterocycles. The Morgan fingerprint density at radius 2 is 2.21 bits per heavy atom. The van der Waals surface area contributed by atoms with Crippen molar-refractivity contribution in [1.29, 1.82) is 0 Å². The van der Waals surface area contributed by atoms with Gasteiger partial charge in [-0.15, -0.1) is 0 Å². The molecule has 100 valence electrons. The quantitative estimate of drug-likeness (QED) is 0.939. The van der Waals surface area contributed by atoms with Crippen molar-refractivity contribution in [3.8, 4) is 11.1 Å². The van der Waals surface area contributed by atoms with Gasteiger partial charge in [0.25, 0.3) is 0 Å². The highest BCUT2D eigenvalue weighted by Crippen LogP contribution is 2.29. The van der Waals surface area contributed by atoms with Gasteiger partial charge in [-0.2, -0.15) is 5.10 Å². The lowest BCUT2D eigenvalue weighted by Gasteiger charge is -2.04. The zero-order valence-corrected chi connectivity index (χ0v) is 11.8. The number of aryl methyl sites for hydroxylation is 2. The zero-order chi connectivity index (χ0) is 14.0. The molecule has 0 saturated carbocycles. The van der Waals surface area contributed by atoms with Crippen LogP contribution in [0, 0.1) is 5.82 Å². The number of halogens is 2. The third-order valence-electron chi connectivity index (χ3n) is 2.70. The Kier molecular flexibility index (Phi) is 3.99. The van der Waals surface area contributed by atoms with Gasteiger partial charge in [0.2, 0.25) is 0 Å². The van der Waals surface area contributed by atoms with E-state index in [0.29, 0.717) is 16.8 Å². The number of hydrogen-bond donors (Lipinski definition) is 1. The van der Waals surface area contributed by atoms with Gasteiger partial charge in [-0.1, -0.05) is 15.9 Å². The summed E-state index contributed by atoms with van der Waals surface area (Å²) in [5, 5.41) is 12.9. The van der Waals surface area contributed by atoms with E-state index in [0.717, 1.165) is 4.47 Å². The first-order chi connectivity index (χ1) is 8.97. The molecule has 4 nitrogen and oxygen atoms in total. The van der Waals surface area contributed by atoms with Crippen molar-refractivity contribution in [2.24, 2.45) is 7.05 Å². The standard InChI is InChI=1S/C13H12BrFN2O2/c1-17-7-10(12(16-17)4-5-13(18)19)9-6-8(14)2-3-11(9)15/h2-3,6-7H,4-5H2,1H3,(H,18,19). The van der Waals surface area contributed by atoms with Crippen LogP contribution in [0.15, 0.2) is 28.9 Å². The van der Waals surface area contributed by atoms with Crippen LogP contribution >= 0.6 is 15.9 Å². The van der Waals surface area contributed by atoms with E-state index in [2.05, 4.69) is 21.0 Å². The molecule has 0 bridgehead atoms. The highest BCUT2D eigenvalue weighted by molar-refractivity contribution is 9.10. The van der Waals surface area contributed by atoms with Crippen LogP contribution in [0.25, 0.3) is 11.1 Å². The number of carboxylic acids is 1. The van der Waals surface area contributed by atoms with Crippen molar-refractivity contribution >= 4 is 21.9 Å². The van der Waals surface area contributed by atoms with Gasteiger partial charge in [-0.3, -0.25) is 9.48 Å². The average molecular weight is 327 g/mol. The summed E-state index contributed by atoms with van der Waals surface area (Å²) in [7, 11) is 1.73. The van der Waals surface area contributed by atoms with Crippen LogP contribution in [-0.4, -0.2) is 20.9 Å². The van der Waals surface area contributed by atoms with Gasteiger partial charge in [-0.05, 0) is 18.2 Å². The van der Waals surface area contributed by atoms with Gasteiger partial charge >= 0.3 is 5.97 Å². The Hall–Kier alpha value is -1.69. The van der Waals surface area contributed by atoms with E-state index in [-0.39, 0.29) is 18.7 Å². The van der Waals surface area contributed by atoms with Crippen LogP contribution in [0.3, 0.4) is 0 Å². The molecule has 0 amide bonds. The van der Waals surface area contributed by atoms with Crippen molar-refractivity contribution < 1.29 is 14.3 Å². The Morgan fingerprint density at radius 3 is 2.89 bits per heavy atom. The summed E-state index contributed by atoms with van der Waals surface area (Å²) >= 11 is 3.30. The van der Waals surface area contributed by atoms with Crippen LogP contribution < -0.4 is 0 Å². The van der Waals surface area contributed by atoms with E-state index in [9.17, 15) is 9.18 Å². The summed E-state index contributed by atoms with van der Waals surface area (Å²) in [5.74, 6) is -1.25. The average Bonchev–Trinajstić information content (AvgIpc) is 2.71. The topological polar surface area (TPSA) is 55.1 Å². The zero-order valence-electron chi connectivity index (χ0n) is 10.2. The minimum Gasteiger partial charge on any atom is -0.481 e. The van der Waals surface area contributed by atoms with Gasteiger partial charge < -0.3 is 5.11 Å². The summed E-state index contributed by atoms with van der Waals surface area (Å²) in [6, 6.07) is 4.65. The Morgan fingerprint density at radius 1 is 1.47 bits per heavy atom. The summed E-state index contributed by atoms with van der Waals surface area (Å²) in [5.41, 5.74) is 1.63. The third kappa shape index (κ3) is 3.20. The molecule has 19 heavy (non-hydrogen) atoms. The number of carbonyl (C=O) groups is 1. The largest absolute Gasteiger partial charge is 0.481 e. The fraction of sp³-hybridized carbons (Fsp3) is 0.231. The highest BCUT2D eigenvalue weighted by Gasteiger charge is 2.15. The lowest BCUT2D eigenvalue weighted by atomic mass is 10.0. The molecule has 1 N–H and O–H groups in total. The molecule has 0 spiro atoms. The fourth-order valence-electron chi connectivity index (χ4n) is 1.87. The molecule has 0 atom stereocenters. The minimum atomic E-state index is -0.897. The number of benzene rings is 1. The highest BCUT2D eigenvalue weighted by atomic mass is 79.9. The number of hydrogen-bond acceptors (Lipinski definition) is 2. The second-order valence-electron chi connectivity index (χ2n) is 4.18. The summed E-state index contributed by atoms with van der Waals surface area (Å²) in [4.78, 5) is 10.6. The van der Waals surface area contributed by atoms with Gasteiger partial charge in [0, 0.05) is 35.3 Å². The molecule has 0 aliphatic rings. The molecule has 2 rings (SSSR count). The molecule has 0 unspecified atom stereocenters. The Balaban J connectivity index is 2.43. The van der Waals surface area contributed by atoms with Crippen molar-refractivity contribution in [3.05, 3.63) is 40.4 Å². The summed E-state index contributed by atoms with van der Waals surface area (Å²) in [6.45, 7) is 0. The van der Waals surface area contributed by atoms with E-state index in [1.807, 2.05) is 0 Å². The second kappa shape index (κ2) is 5.52. The molecule has 0 fully saturated rings. The van der Waals surface area contributed by atoms with Crippen LogP contribution in [0.5, 0.6) is 0 Å². The maximum Gasteiger partial charge on any atom is 0.303 e. The molecule has 0 saturated heterocycles. The normalized spacial score (nSPS) is 10.7. The van der Waals surface area contributed by atoms with Crippen molar-refractivity contribution in [2.75, 3.05) is 0 Å². The number of aromatic nitrogens is 2. The fourth-order valence-corrected chi connectivity index (χ4v) is 2.23. The predicted octanol–water partition coefficient (Wildman–Crippen LogP) is 3.01. The molecular weight excluding hydrogens is 315 g/mol. The summed E-state index contributed by atoms with van der Waals surface area (Å²) < 4.78 is 16.2. The smallest absolute Gasteiger partial charge is 0.303 e. The molecule has 6 heteroatoms. The van der Waals surface area contributed by atoms with E-state index in [4.69, 9.17) is 5.11 Å². The monoisotopic (exact) mass is 326 g/mol. The number of rotatable bonds is 4. The predicted molar refractivity (Wildman–Crippen MR) is 72.3 cm³/mol. The molecule has 1 aromatic carbocycles. The molecule has 0 aliphatic carbocycles. The van der Waals surface area contributed by atoms with Gasteiger partial charge in [0.05, 0.1) is 12.1 Å². The van der Waals surface area contributed by atoms with Gasteiger partial charge in [0.1, 0.15) is 5.82 Å². The number of carboxylic acid groups (broad SMARTS) is 1. The Bertz CT molecular complexity index is 625. The maximum absolute atomic E-state index is 13.9. The molecule has 0 radical (unpaired) electrons. The lowest BCUT2D eigenvalue weighted by molar-refractivity contribution is -0.136. The minimum absolute atomic E-state index is 0.0281. The van der Waals surface area contributed by atoms with Crippen LogP contribution in [-0.2, 0) is 18.3 Å². The van der Waals surface area contributed by atoms with E-state index in [1.54, 1.807) is 30.1 Å². The van der Waals surface area contributed by atoms with E-state index in [1.165, 1.54) is 6.07 Å². The molecule has 2 aromatic rings. The SMILES string of the molecule is Cn1cc(-c2cc(Br)ccc2F)c(CCC(=O)O)n1. The first kappa shape index (κ1) is 13.7. The summed E-state index contributed by atoms with van der Waals surface area (Å²) in [6.07, 6.45) is 1.94. The molecule has 1 aromatic heterocycles. The van der Waals surface area contributed by atoms with Gasteiger partial charge in [0.15, 0.2) is 0 Å². The second-order valence-corrected chi connectivity index (χ2v) is 5.10. The van der Waals surface area contributed by atoms with Crippen molar-refractivity contribution in [1.82, 2.24) is 9.78 Å². The number of aliphatic carboxylic acids is 1. The van der Waals surface area contributed by atoms with Crippen molar-refractivity contribution in [2.45, 2.75) is 12.8 Å². The lowest BCUT2D eigenvalue weighted by Crippen LogP contribution is -2.00. The van der Waals surface area contributed by atoms with E-state index >= 15 is 0 Å². The molecule has 1 heterocycles. The van der Waals surface area contributed by atoms with Gasteiger partial charge in [-0.25, -0.2) is 4.39 Å². The third-order valence-corrected chi connectivity index (χ3v) is 3.19. The first-order valence-electron chi connectivity index (χ1n) is 5.67. The van der Waals surface area contributed by atoms with Crippen molar-refractivity contribution in [3.63, 3.8) is 0 Å². The molecular formula is C13H12BrFN2O2. The van der Waals surface area contributed by atoms with Crippen LogP contribution in [0.1, 0.15) is 12.1 Å². The van der Waals surface area contributed by atoms with E-state index < -0.39 is 5.97 Å². The Labute approximate surface area is 118 Å². The number of nitrogens with zero attached hydrogens (tertiary/aromatic N) is 2. The van der Waals surface area contributed by atoms with Crippen LogP contribution in [0.2, 0.25) is 0 Å².